The summed E-state index contributed by atoms with van der Waals surface area (Å²) in [6.07, 6.45) is 1.68. The molecule has 1 saturated heterocycles. The van der Waals surface area contributed by atoms with Crippen molar-refractivity contribution in [3.63, 3.8) is 0 Å². The zero-order valence-electron chi connectivity index (χ0n) is 16.6. The lowest BCUT2D eigenvalue weighted by Crippen LogP contribution is -2.45. The Morgan fingerprint density at radius 2 is 1.71 bits per heavy atom. The van der Waals surface area contributed by atoms with Gasteiger partial charge in [0.25, 0.3) is 0 Å². The predicted octanol–water partition coefficient (Wildman–Crippen LogP) is 2.09. The monoisotopic (exact) mass is 457 g/mol. The summed E-state index contributed by atoms with van der Waals surface area (Å²) in [6, 6.07) is 1.06. The fourth-order valence-corrected chi connectivity index (χ4v) is 5.63. The van der Waals surface area contributed by atoms with Crippen LogP contribution in [-0.2, 0) is 21.3 Å². The summed E-state index contributed by atoms with van der Waals surface area (Å²) in [5.74, 6) is -4.18. The zero-order chi connectivity index (χ0) is 22.4. The Balaban J connectivity index is 1.73. The minimum atomic E-state index is -3.46. The van der Waals surface area contributed by atoms with Crippen molar-refractivity contribution in [1.82, 2.24) is 9.97 Å². The van der Waals surface area contributed by atoms with Gasteiger partial charge < -0.3 is 15.1 Å². The second-order valence-electron chi connectivity index (χ2n) is 8.11. The summed E-state index contributed by atoms with van der Waals surface area (Å²) in [7, 11) is -3.46. The number of sulfone groups is 1. The number of nitrogens with zero attached hydrogens (tertiary/aromatic N) is 3. The van der Waals surface area contributed by atoms with Crippen molar-refractivity contribution in [3.05, 3.63) is 40.8 Å². The molecular formula is C20H22F3N3O4S. The average Bonchev–Trinajstić information content (AvgIpc) is 3.03. The van der Waals surface area contributed by atoms with Crippen molar-refractivity contribution in [1.29, 1.82) is 0 Å². The minimum Gasteiger partial charge on any atom is -0.396 e. The van der Waals surface area contributed by atoms with Gasteiger partial charge in [0.1, 0.15) is 11.6 Å². The molecule has 11 heteroatoms. The molecule has 0 saturated carbocycles. The molecule has 0 bridgehead atoms. The van der Waals surface area contributed by atoms with Crippen LogP contribution in [0.4, 0.5) is 19.0 Å². The molecule has 0 amide bonds. The third-order valence-corrected chi connectivity index (χ3v) is 7.28. The highest BCUT2D eigenvalue weighted by Crippen LogP contribution is 2.37. The van der Waals surface area contributed by atoms with Gasteiger partial charge in [-0.05, 0) is 31.7 Å². The van der Waals surface area contributed by atoms with Gasteiger partial charge in [0, 0.05) is 31.3 Å². The first kappa shape index (κ1) is 22.0. The van der Waals surface area contributed by atoms with E-state index in [1.807, 2.05) is 0 Å². The number of halogens is 3. The maximum Gasteiger partial charge on any atom is 0.164 e. The van der Waals surface area contributed by atoms with E-state index < -0.39 is 32.9 Å². The highest BCUT2D eigenvalue weighted by molar-refractivity contribution is 7.90. The van der Waals surface area contributed by atoms with E-state index in [-0.39, 0.29) is 35.2 Å². The number of rotatable bonds is 5. The van der Waals surface area contributed by atoms with E-state index in [2.05, 4.69) is 9.97 Å². The van der Waals surface area contributed by atoms with E-state index in [1.165, 1.54) is 0 Å². The van der Waals surface area contributed by atoms with Gasteiger partial charge in [0.05, 0.1) is 28.4 Å². The zero-order valence-corrected chi connectivity index (χ0v) is 17.4. The second kappa shape index (κ2) is 8.03. The van der Waals surface area contributed by atoms with Crippen LogP contribution in [-0.4, -0.2) is 53.9 Å². The number of aliphatic hydroxyl groups excluding tert-OH is 1. The molecule has 1 fully saturated rings. The van der Waals surface area contributed by atoms with Crippen LogP contribution in [0.2, 0.25) is 0 Å². The van der Waals surface area contributed by atoms with Crippen LogP contribution in [0, 0.1) is 17.5 Å². The molecule has 3 heterocycles. The van der Waals surface area contributed by atoms with Crippen LogP contribution in [0.15, 0.2) is 12.1 Å². The van der Waals surface area contributed by atoms with Gasteiger partial charge >= 0.3 is 0 Å². The third-order valence-electron chi connectivity index (χ3n) is 5.84. The van der Waals surface area contributed by atoms with Crippen LogP contribution >= 0.6 is 0 Å². The van der Waals surface area contributed by atoms with E-state index in [0.717, 1.165) is 0 Å². The van der Waals surface area contributed by atoms with E-state index in [4.69, 9.17) is 5.11 Å². The van der Waals surface area contributed by atoms with Gasteiger partial charge in [0.2, 0.25) is 0 Å². The molecule has 0 radical (unpaired) electrons. The van der Waals surface area contributed by atoms with Crippen molar-refractivity contribution in [2.24, 2.45) is 0 Å². The lowest BCUT2D eigenvalue weighted by atomic mass is 9.87. The van der Waals surface area contributed by atoms with Gasteiger partial charge in [0.15, 0.2) is 27.3 Å². The van der Waals surface area contributed by atoms with Crippen LogP contribution in [0.25, 0.3) is 11.4 Å². The largest absolute Gasteiger partial charge is 0.396 e. The van der Waals surface area contributed by atoms with Crippen LogP contribution in [0.1, 0.15) is 36.9 Å². The topological polar surface area (TPSA) is 104 Å². The normalized spacial score (nSPS) is 19.5. The van der Waals surface area contributed by atoms with Crippen LogP contribution < -0.4 is 4.90 Å². The smallest absolute Gasteiger partial charge is 0.164 e. The molecule has 4 rings (SSSR count). The average molecular weight is 457 g/mol. The molecule has 2 aromatic rings. The van der Waals surface area contributed by atoms with E-state index in [0.29, 0.717) is 62.3 Å². The summed E-state index contributed by atoms with van der Waals surface area (Å²) in [5.41, 5.74) is -0.669. The van der Waals surface area contributed by atoms with Gasteiger partial charge in [-0.15, -0.1) is 0 Å². The van der Waals surface area contributed by atoms with Gasteiger partial charge in [-0.3, -0.25) is 0 Å². The molecule has 0 spiro atoms. The summed E-state index contributed by atoms with van der Waals surface area (Å²) in [6.45, 7) is 0.711. The van der Waals surface area contributed by atoms with Crippen molar-refractivity contribution < 1.29 is 31.8 Å². The van der Waals surface area contributed by atoms with Crippen molar-refractivity contribution in [2.75, 3.05) is 24.6 Å². The highest BCUT2D eigenvalue weighted by Gasteiger charge is 2.36. The summed E-state index contributed by atoms with van der Waals surface area (Å²) in [4.78, 5) is 10.3. The Morgan fingerprint density at radius 1 is 1.03 bits per heavy atom. The van der Waals surface area contributed by atoms with Crippen LogP contribution in [0.5, 0.6) is 0 Å². The fourth-order valence-electron chi connectivity index (χ4n) is 4.13. The number of anilines is 1. The maximum absolute atomic E-state index is 14.3. The number of benzene rings is 1. The van der Waals surface area contributed by atoms with E-state index in [1.54, 1.807) is 4.90 Å². The Labute approximate surface area is 177 Å². The first-order valence-corrected chi connectivity index (χ1v) is 11.8. The summed E-state index contributed by atoms with van der Waals surface area (Å²) in [5, 5.41) is 19.7. The Bertz CT molecular complexity index is 1120. The molecule has 2 aliphatic heterocycles. The molecule has 0 unspecified atom stereocenters. The van der Waals surface area contributed by atoms with Gasteiger partial charge in [-0.25, -0.2) is 31.6 Å². The van der Waals surface area contributed by atoms with Crippen molar-refractivity contribution in [3.8, 4) is 11.4 Å². The standard InChI is InChI=1S/C20H22F3N3O4S/c21-14-9-16(23)15(22)8-12(14)18-24-17-11-31(29,30)10-13(17)19(25-18)26-5-3-20(28,4-6-26)2-1-7-27/h8-9,27-28H,1-7,10-11H2. The quantitative estimate of drug-likeness (QED) is 0.663. The first-order chi connectivity index (χ1) is 14.6. The minimum absolute atomic E-state index is 0.0214. The molecule has 2 N–H and O–H groups in total. The van der Waals surface area contributed by atoms with E-state index >= 15 is 0 Å². The number of piperidine rings is 1. The molecule has 0 aliphatic carbocycles. The number of aliphatic hydroxyl groups is 2. The molecule has 168 valence electrons. The Hall–Kier alpha value is -2.24. The first-order valence-electron chi connectivity index (χ1n) is 9.94. The second-order valence-corrected chi connectivity index (χ2v) is 10.2. The lowest BCUT2D eigenvalue weighted by molar-refractivity contribution is 0.00248. The fraction of sp³-hybridized carbons (Fsp3) is 0.500. The maximum atomic E-state index is 14.3. The molecule has 7 nitrogen and oxygen atoms in total. The Kier molecular flexibility index (Phi) is 5.69. The molecular weight excluding hydrogens is 435 g/mol. The number of hydrogen-bond donors (Lipinski definition) is 2. The highest BCUT2D eigenvalue weighted by atomic mass is 32.2. The van der Waals surface area contributed by atoms with Gasteiger partial charge in [-0.1, -0.05) is 0 Å². The van der Waals surface area contributed by atoms with Crippen LogP contribution in [0.3, 0.4) is 0 Å². The van der Waals surface area contributed by atoms with Gasteiger partial charge in [-0.2, -0.15) is 0 Å². The lowest BCUT2D eigenvalue weighted by Gasteiger charge is -2.39. The molecule has 1 aromatic carbocycles. The molecule has 1 aromatic heterocycles. The Morgan fingerprint density at radius 3 is 2.39 bits per heavy atom. The third kappa shape index (κ3) is 4.39. The van der Waals surface area contributed by atoms with Crippen molar-refractivity contribution in [2.45, 2.75) is 42.8 Å². The van der Waals surface area contributed by atoms with E-state index in [9.17, 15) is 26.7 Å². The number of aromatic nitrogens is 2. The predicted molar refractivity (Wildman–Crippen MR) is 106 cm³/mol. The number of hydrogen-bond acceptors (Lipinski definition) is 7. The SMILES string of the molecule is O=S1(=O)Cc2nc(-c3cc(F)c(F)cc3F)nc(N3CCC(O)(CCCO)CC3)c2C1. The van der Waals surface area contributed by atoms with Crippen molar-refractivity contribution >= 4 is 15.7 Å². The molecule has 31 heavy (non-hydrogen) atoms. The number of fused-ring (bicyclic) bond motifs is 1. The molecule has 0 atom stereocenters. The molecule has 2 aliphatic rings. The summed E-state index contributed by atoms with van der Waals surface area (Å²) < 4.78 is 65.9. The summed E-state index contributed by atoms with van der Waals surface area (Å²) >= 11 is 0.